The van der Waals surface area contributed by atoms with Crippen molar-refractivity contribution in [2.75, 3.05) is 0 Å². The second-order valence-corrected chi connectivity index (χ2v) is 2.70. The number of para-hydroxylation sites is 1. The van der Waals surface area contributed by atoms with Gasteiger partial charge in [-0.05, 0) is 12.1 Å². The minimum atomic E-state index is 0.726. The highest BCUT2D eigenvalue weighted by molar-refractivity contribution is 7.79. The maximum absolute atomic E-state index is 4.67. The van der Waals surface area contributed by atoms with Gasteiger partial charge >= 0.3 is 0 Å². The average molecular weight is 172 g/mol. The zero-order valence-corrected chi connectivity index (χ0v) is 7.14. The summed E-state index contributed by atoms with van der Waals surface area (Å²) in [6.07, 6.45) is 0. The van der Waals surface area contributed by atoms with Crippen LogP contribution in [0.5, 0.6) is 0 Å². The molecule has 0 N–H and O–H groups in total. The molecule has 12 heavy (non-hydrogen) atoms. The molecule has 0 bridgehead atoms. The van der Waals surface area contributed by atoms with Gasteiger partial charge in [-0.15, -0.1) is 0 Å². The van der Waals surface area contributed by atoms with Gasteiger partial charge in [-0.3, -0.25) is 0 Å². The van der Waals surface area contributed by atoms with Crippen molar-refractivity contribution in [1.29, 1.82) is 0 Å². The first kappa shape index (κ1) is 7.37. The van der Waals surface area contributed by atoms with E-state index in [0.717, 1.165) is 16.6 Å². The van der Waals surface area contributed by atoms with Crippen molar-refractivity contribution in [2.24, 2.45) is 0 Å². The second kappa shape index (κ2) is 2.99. The molecular weight excluding hydrogens is 166 g/mol. The quantitative estimate of drug-likeness (QED) is 0.613. The number of aromatic nitrogens is 1. The van der Waals surface area contributed by atoms with Gasteiger partial charge in [0.2, 0.25) is 0 Å². The second-order valence-electron chi connectivity index (χ2n) is 2.49. The number of hydrogen-bond acceptors (Lipinski definition) is 2. The first-order chi connectivity index (χ1) is 5.90. The third-order valence-corrected chi connectivity index (χ3v) is 1.91. The predicted octanol–water partition coefficient (Wildman–Crippen LogP) is 2.46. The van der Waals surface area contributed by atoms with Gasteiger partial charge in [0.05, 0.1) is 16.6 Å². The Morgan fingerprint density at radius 1 is 1.08 bits per heavy atom. The van der Waals surface area contributed by atoms with Crippen molar-refractivity contribution in [1.82, 2.24) is 4.98 Å². The lowest BCUT2D eigenvalue weighted by atomic mass is 10.2. The topological polar surface area (TPSA) is 12.9 Å². The van der Waals surface area contributed by atoms with Gasteiger partial charge in [0.1, 0.15) is 0 Å². The van der Waals surface area contributed by atoms with Crippen LogP contribution in [0.25, 0.3) is 10.9 Å². The molecule has 0 aliphatic rings. The number of pyridine rings is 1. The Balaban J connectivity index is 2.75. The van der Waals surface area contributed by atoms with Crippen molar-refractivity contribution in [3.8, 4) is 0 Å². The molecule has 0 unspecified atom stereocenters. The Hall–Kier alpha value is -1.28. The van der Waals surface area contributed by atoms with Crippen molar-refractivity contribution in [3.63, 3.8) is 0 Å². The van der Waals surface area contributed by atoms with Crippen LogP contribution in [0, 0.1) is 0 Å². The van der Waals surface area contributed by atoms with Gasteiger partial charge in [0.15, 0.2) is 0 Å². The molecule has 0 spiro atoms. The molecule has 1 heterocycles. The SMILES string of the molecule is S=[C]c1ccc2ccccc2n1. The Labute approximate surface area is 76.1 Å². The molecule has 2 rings (SSSR count). The highest BCUT2D eigenvalue weighted by Crippen LogP contribution is 2.10. The van der Waals surface area contributed by atoms with Gasteiger partial charge in [0, 0.05) is 5.39 Å². The summed E-state index contributed by atoms with van der Waals surface area (Å²) in [5.41, 5.74) is 1.69. The van der Waals surface area contributed by atoms with Crippen LogP contribution in [0.4, 0.5) is 0 Å². The highest BCUT2D eigenvalue weighted by atomic mass is 32.1. The normalized spacial score (nSPS) is 10.0. The van der Waals surface area contributed by atoms with Crippen molar-refractivity contribution < 1.29 is 0 Å². The monoisotopic (exact) mass is 172 g/mol. The highest BCUT2D eigenvalue weighted by Gasteiger charge is 1.93. The number of hydrogen-bond donors (Lipinski definition) is 0. The molecule has 2 aromatic rings. The van der Waals surface area contributed by atoms with E-state index in [1.807, 2.05) is 36.4 Å². The molecule has 1 aromatic carbocycles. The Bertz CT molecular complexity index is 423. The molecule has 1 radical (unpaired) electrons. The van der Waals surface area contributed by atoms with Crippen LogP contribution < -0.4 is 0 Å². The van der Waals surface area contributed by atoms with E-state index < -0.39 is 0 Å². The molecule has 0 saturated heterocycles. The molecule has 0 saturated carbocycles. The van der Waals surface area contributed by atoms with E-state index in [9.17, 15) is 0 Å². The zero-order chi connectivity index (χ0) is 8.39. The molecule has 0 amide bonds. The molecule has 2 heteroatoms. The lowest BCUT2D eigenvalue weighted by molar-refractivity contribution is 1.39. The van der Waals surface area contributed by atoms with Crippen LogP contribution in [0.15, 0.2) is 36.4 Å². The fourth-order valence-electron chi connectivity index (χ4n) is 1.12. The Kier molecular flexibility index (Phi) is 1.84. The smallest absolute Gasteiger partial charge is 0.0836 e. The van der Waals surface area contributed by atoms with Gasteiger partial charge < -0.3 is 0 Å². The molecule has 0 aliphatic heterocycles. The van der Waals surface area contributed by atoms with E-state index >= 15 is 0 Å². The summed E-state index contributed by atoms with van der Waals surface area (Å²) in [4.78, 5) is 4.28. The number of fused-ring (bicyclic) bond motifs is 1. The molecule has 0 aliphatic carbocycles. The number of thiocarbonyl (C=S) groups is 1. The standard InChI is InChI=1S/C10H6NS/c12-7-9-6-5-8-3-1-2-4-10(8)11-9/h1-6H. The van der Waals surface area contributed by atoms with Gasteiger partial charge in [0.25, 0.3) is 0 Å². The third-order valence-electron chi connectivity index (χ3n) is 1.70. The lowest BCUT2D eigenvalue weighted by Crippen LogP contribution is -1.85. The van der Waals surface area contributed by atoms with Gasteiger partial charge in [-0.1, -0.05) is 36.5 Å². The summed E-state index contributed by atoms with van der Waals surface area (Å²) in [5.74, 6) is 0. The minimum Gasteiger partial charge on any atom is -0.247 e. The van der Waals surface area contributed by atoms with Crippen molar-refractivity contribution >= 4 is 28.5 Å². The predicted molar refractivity (Wildman–Crippen MR) is 53.4 cm³/mol. The van der Waals surface area contributed by atoms with Crippen LogP contribution in [0.2, 0.25) is 0 Å². The molecule has 0 fully saturated rings. The van der Waals surface area contributed by atoms with Gasteiger partial charge in [-0.2, -0.15) is 0 Å². The van der Waals surface area contributed by atoms with E-state index in [1.54, 1.807) is 0 Å². The number of rotatable bonds is 1. The maximum atomic E-state index is 4.67. The lowest BCUT2D eigenvalue weighted by Gasteiger charge is -1.95. The average Bonchev–Trinajstić information content (AvgIpc) is 2.17. The zero-order valence-electron chi connectivity index (χ0n) is 6.32. The fourth-order valence-corrected chi connectivity index (χ4v) is 1.24. The van der Waals surface area contributed by atoms with Crippen LogP contribution >= 0.6 is 12.2 Å². The molecule has 57 valence electrons. The van der Waals surface area contributed by atoms with Crippen LogP contribution in [0.3, 0.4) is 0 Å². The first-order valence-electron chi connectivity index (χ1n) is 3.64. The van der Waals surface area contributed by atoms with E-state index in [0.29, 0.717) is 0 Å². The summed E-state index contributed by atoms with van der Waals surface area (Å²) < 4.78 is 0. The third kappa shape index (κ3) is 1.21. The van der Waals surface area contributed by atoms with Crippen molar-refractivity contribution in [3.05, 3.63) is 42.1 Å². The van der Waals surface area contributed by atoms with Crippen molar-refractivity contribution in [2.45, 2.75) is 0 Å². The molecule has 0 atom stereocenters. The van der Waals surface area contributed by atoms with E-state index in [-0.39, 0.29) is 0 Å². The Morgan fingerprint density at radius 3 is 2.75 bits per heavy atom. The largest absolute Gasteiger partial charge is 0.247 e. The maximum Gasteiger partial charge on any atom is 0.0836 e. The van der Waals surface area contributed by atoms with E-state index in [2.05, 4.69) is 22.6 Å². The molecule has 1 nitrogen and oxygen atoms in total. The number of benzene rings is 1. The summed E-state index contributed by atoms with van der Waals surface area (Å²) in [5, 5.41) is 3.72. The Morgan fingerprint density at radius 2 is 1.92 bits per heavy atom. The minimum absolute atomic E-state index is 0.726. The van der Waals surface area contributed by atoms with Crippen LogP contribution in [0.1, 0.15) is 5.69 Å². The van der Waals surface area contributed by atoms with E-state index in [1.165, 1.54) is 0 Å². The fraction of sp³-hybridized carbons (Fsp3) is 0. The molecule has 1 aromatic heterocycles. The van der Waals surface area contributed by atoms with Crippen LogP contribution in [-0.4, -0.2) is 10.4 Å². The van der Waals surface area contributed by atoms with E-state index in [4.69, 9.17) is 0 Å². The first-order valence-corrected chi connectivity index (χ1v) is 4.05. The summed E-state index contributed by atoms with van der Waals surface area (Å²) >= 11 is 4.67. The van der Waals surface area contributed by atoms with Crippen LogP contribution in [-0.2, 0) is 0 Å². The van der Waals surface area contributed by atoms with Gasteiger partial charge in [-0.25, -0.2) is 4.98 Å². The summed E-state index contributed by atoms with van der Waals surface area (Å²) in [6.45, 7) is 0. The molecular formula is C10H6NS. The number of nitrogens with zero attached hydrogens (tertiary/aromatic N) is 1. The summed E-state index contributed by atoms with van der Waals surface area (Å²) in [6, 6.07) is 11.8. The summed E-state index contributed by atoms with van der Waals surface area (Å²) in [7, 11) is 0.